The molecule has 6 rings (SSSR count). The molecule has 0 unspecified atom stereocenters. The van der Waals surface area contributed by atoms with Crippen molar-refractivity contribution in [1.82, 2.24) is 0 Å². The SMILES string of the molecule is CC(=O)C1=NN(c2ccccc2C)[C@]2(S1)c1ccccc1C(c1ccc(Br)cc1)=NN2c1ccccc1. The van der Waals surface area contributed by atoms with Crippen molar-refractivity contribution in [2.24, 2.45) is 10.2 Å². The molecule has 0 N–H and O–H groups in total. The molecule has 2 aliphatic heterocycles. The van der Waals surface area contributed by atoms with Gasteiger partial charge in [-0.1, -0.05) is 88.7 Å². The van der Waals surface area contributed by atoms with Gasteiger partial charge < -0.3 is 0 Å². The highest BCUT2D eigenvalue weighted by atomic mass is 79.9. The molecule has 0 amide bonds. The van der Waals surface area contributed by atoms with E-state index >= 15 is 0 Å². The van der Waals surface area contributed by atoms with Crippen LogP contribution >= 0.6 is 27.7 Å². The maximum absolute atomic E-state index is 12.8. The minimum absolute atomic E-state index is 0.0753. The highest BCUT2D eigenvalue weighted by Crippen LogP contribution is 2.55. The minimum atomic E-state index is -0.941. The lowest BCUT2D eigenvalue weighted by atomic mass is 9.93. The number of fused-ring (bicyclic) bond motifs is 2. The fourth-order valence-electron chi connectivity index (χ4n) is 4.75. The summed E-state index contributed by atoms with van der Waals surface area (Å²) in [6.45, 7) is 3.63. The molecule has 4 aromatic carbocycles. The number of benzene rings is 4. The largest absolute Gasteiger partial charge is 0.292 e. The van der Waals surface area contributed by atoms with E-state index in [4.69, 9.17) is 10.2 Å². The van der Waals surface area contributed by atoms with Crippen LogP contribution in [0.5, 0.6) is 0 Å². The first-order valence-electron chi connectivity index (χ1n) is 11.9. The number of halogens is 1. The Labute approximate surface area is 228 Å². The zero-order chi connectivity index (χ0) is 25.6. The van der Waals surface area contributed by atoms with Crippen LogP contribution in [0.1, 0.15) is 29.2 Å². The predicted octanol–water partition coefficient (Wildman–Crippen LogP) is 7.30. The molecule has 5 nitrogen and oxygen atoms in total. The van der Waals surface area contributed by atoms with Crippen molar-refractivity contribution < 1.29 is 4.79 Å². The van der Waals surface area contributed by atoms with E-state index in [0.717, 1.165) is 43.8 Å². The molecule has 1 spiro atoms. The second-order valence-electron chi connectivity index (χ2n) is 8.92. The van der Waals surface area contributed by atoms with Gasteiger partial charge in [0.1, 0.15) is 0 Å². The number of hydrogen-bond donors (Lipinski definition) is 0. The van der Waals surface area contributed by atoms with E-state index in [1.54, 1.807) is 6.92 Å². The molecule has 2 heterocycles. The van der Waals surface area contributed by atoms with Crippen LogP contribution in [0.25, 0.3) is 0 Å². The number of ketones is 1. The number of hydrogen-bond acceptors (Lipinski definition) is 6. The molecule has 182 valence electrons. The summed E-state index contributed by atoms with van der Waals surface area (Å²) >= 11 is 4.99. The molecule has 1 atom stereocenters. The van der Waals surface area contributed by atoms with Gasteiger partial charge in [-0.15, -0.1) is 0 Å². The summed E-state index contributed by atoms with van der Waals surface area (Å²) in [6.07, 6.45) is 0. The van der Waals surface area contributed by atoms with Crippen LogP contribution in [-0.2, 0) is 9.79 Å². The minimum Gasteiger partial charge on any atom is -0.292 e. The maximum Gasteiger partial charge on any atom is 0.234 e. The first-order chi connectivity index (χ1) is 18.0. The summed E-state index contributed by atoms with van der Waals surface area (Å²) in [5, 5.41) is 14.7. The highest BCUT2D eigenvalue weighted by molar-refractivity contribution is 9.10. The van der Waals surface area contributed by atoms with Crippen molar-refractivity contribution in [3.05, 3.63) is 130 Å². The monoisotopic (exact) mass is 566 g/mol. The van der Waals surface area contributed by atoms with Crippen molar-refractivity contribution in [3.63, 3.8) is 0 Å². The molecular weight excluding hydrogens is 544 g/mol. The number of nitrogens with zero attached hydrogens (tertiary/aromatic N) is 4. The second kappa shape index (κ2) is 9.32. The van der Waals surface area contributed by atoms with E-state index in [-0.39, 0.29) is 5.78 Å². The van der Waals surface area contributed by atoms with E-state index in [0.29, 0.717) is 5.04 Å². The summed E-state index contributed by atoms with van der Waals surface area (Å²) in [6, 6.07) is 34.7. The Bertz CT molecular complexity index is 1570. The lowest BCUT2D eigenvalue weighted by molar-refractivity contribution is -0.110. The molecule has 0 fully saturated rings. The fraction of sp³-hybridized carbons (Fsp3) is 0.100. The zero-order valence-corrected chi connectivity index (χ0v) is 22.7. The molecule has 0 aromatic heterocycles. The Kier molecular flexibility index (Phi) is 5.97. The van der Waals surface area contributed by atoms with E-state index in [9.17, 15) is 4.79 Å². The summed E-state index contributed by atoms with van der Waals surface area (Å²) in [7, 11) is 0. The van der Waals surface area contributed by atoms with Crippen LogP contribution in [0, 0.1) is 6.92 Å². The van der Waals surface area contributed by atoms with Gasteiger partial charge >= 0.3 is 0 Å². The topological polar surface area (TPSA) is 48.3 Å². The number of hydrazone groups is 2. The van der Waals surface area contributed by atoms with Gasteiger partial charge in [0.2, 0.25) is 4.99 Å². The predicted molar refractivity (Wildman–Crippen MR) is 156 cm³/mol. The van der Waals surface area contributed by atoms with Gasteiger partial charge in [-0.3, -0.25) is 4.79 Å². The van der Waals surface area contributed by atoms with Crippen molar-refractivity contribution in [3.8, 4) is 0 Å². The Hall–Kier alpha value is -3.68. The van der Waals surface area contributed by atoms with E-state index in [1.807, 2.05) is 82.8 Å². The molecule has 0 aliphatic carbocycles. The van der Waals surface area contributed by atoms with Gasteiger partial charge in [-0.2, -0.15) is 10.2 Å². The standard InChI is InChI=1S/C30H23BrN4OS/c1-20-10-6-9-15-27(20)35-30(37-29(33-35)21(2)36)26-14-8-7-13-25(26)28(22-16-18-23(31)19-17-22)32-34(30)24-11-4-3-5-12-24/h3-19H,1-2H3/t30-/m0/s1. The van der Waals surface area contributed by atoms with E-state index in [1.165, 1.54) is 11.8 Å². The molecule has 7 heteroatoms. The average Bonchev–Trinajstić information content (AvgIpc) is 3.31. The first kappa shape index (κ1) is 23.7. The quantitative estimate of drug-likeness (QED) is 0.260. The number of carbonyl (C=O) groups excluding carboxylic acids is 1. The Morgan fingerprint density at radius 1 is 0.811 bits per heavy atom. The zero-order valence-electron chi connectivity index (χ0n) is 20.3. The third-order valence-corrected chi connectivity index (χ3v) is 8.44. The van der Waals surface area contributed by atoms with Gasteiger partial charge in [0, 0.05) is 28.1 Å². The van der Waals surface area contributed by atoms with Crippen molar-refractivity contribution in [2.45, 2.75) is 18.8 Å². The normalized spacial score (nSPS) is 18.5. The summed E-state index contributed by atoms with van der Waals surface area (Å²) in [5.41, 5.74) is 6.76. The highest BCUT2D eigenvalue weighted by Gasteiger charge is 2.56. The summed E-state index contributed by atoms with van der Waals surface area (Å²) in [5.74, 6) is -0.0753. The molecule has 37 heavy (non-hydrogen) atoms. The van der Waals surface area contributed by atoms with Gasteiger partial charge in [0.05, 0.1) is 17.1 Å². The summed E-state index contributed by atoms with van der Waals surface area (Å²) < 4.78 is 1.01. The molecular formula is C30H23BrN4OS. The van der Waals surface area contributed by atoms with Crippen molar-refractivity contribution >= 4 is 55.6 Å². The average molecular weight is 568 g/mol. The Morgan fingerprint density at radius 3 is 2.22 bits per heavy atom. The number of anilines is 2. The lowest BCUT2D eigenvalue weighted by Gasteiger charge is -2.47. The van der Waals surface area contributed by atoms with E-state index < -0.39 is 4.99 Å². The van der Waals surface area contributed by atoms with Crippen LogP contribution in [0.15, 0.2) is 118 Å². The molecule has 0 bridgehead atoms. The number of rotatable bonds is 4. The second-order valence-corrected chi connectivity index (χ2v) is 11.0. The molecule has 2 aliphatic rings. The van der Waals surface area contributed by atoms with Crippen molar-refractivity contribution in [2.75, 3.05) is 10.0 Å². The molecule has 0 saturated heterocycles. The van der Waals surface area contributed by atoms with Crippen LogP contribution in [0.4, 0.5) is 11.4 Å². The van der Waals surface area contributed by atoms with Crippen LogP contribution < -0.4 is 10.0 Å². The van der Waals surface area contributed by atoms with Crippen LogP contribution in [-0.4, -0.2) is 16.5 Å². The third-order valence-electron chi connectivity index (χ3n) is 6.50. The molecule has 4 aromatic rings. The molecule has 0 radical (unpaired) electrons. The third kappa shape index (κ3) is 3.90. The van der Waals surface area contributed by atoms with Crippen molar-refractivity contribution in [1.29, 1.82) is 0 Å². The van der Waals surface area contributed by atoms with Gasteiger partial charge in [-0.05, 0) is 54.6 Å². The van der Waals surface area contributed by atoms with E-state index in [2.05, 4.69) is 53.2 Å². The Morgan fingerprint density at radius 2 is 1.49 bits per heavy atom. The number of Topliss-reactive ketones (excluding diaryl/α,β-unsaturated/α-hetero) is 1. The number of aryl methyl sites for hydroxylation is 1. The fourth-order valence-corrected chi connectivity index (χ4v) is 6.30. The number of thioether (sulfide) groups is 1. The first-order valence-corrected chi connectivity index (χ1v) is 13.5. The van der Waals surface area contributed by atoms with Crippen LogP contribution in [0.3, 0.4) is 0 Å². The number of para-hydroxylation sites is 2. The lowest BCUT2D eigenvalue weighted by Crippen LogP contribution is -2.54. The van der Waals surface area contributed by atoms with Gasteiger partial charge in [-0.25, -0.2) is 10.0 Å². The smallest absolute Gasteiger partial charge is 0.234 e. The molecule has 0 saturated carbocycles. The van der Waals surface area contributed by atoms with Gasteiger partial charge in [0.25, 0.3) is 0 Å². The Balaban J connectivity index is 1.68. The van der Waals surface area contributed by atoms with Gasteiger partial charge in [0.15, 0.2) is 10.8 Å². The summed E-state index contributed by atoms with van der Waals surface area (Å²) in [4.78, 5) is 11.8. The number of carbonyl (C=O) groups is 1. The van der Waals surface area contributed by atoms with Crippen LogP contribution in [0.2, 0.25) is 0 Å². The maximum atomic E-state index is 12.8.